The molecule has 5 rings (SSSR count). The summed E-state index contributed by atoms with van der Waals surface area (Å²) in [5, 5.41) is 1.92. The van der Waals surface area contributed by atoms with Crippen molar-refractivity contribution in [2.75, 3.05) is 0 Å². The van der Waals surface area contributed by atoms with Crippen LogP contribution in [0.25, 0.3) is 44.3 Å². The number of pyridine rings is 1. The van der Waals surface area contributed by atoms with E-state index in [9.17, 15) is 0 Å². The molecule has 0 aliphatic rings. The molecule has 2 aromatic heterocycles. The van der Waals surface area contributed by atoms with Crippen LogP contribution in [0.2, 0.25) is 0 Å². The number of hydrogen-bond donors (Lipinski definition) is 0. The van der Waals surface area contributed by atoms with Gasteiger partial charge in [0.2, 0.25) is 5.69 Å². The van der Waals surface area contributed by atoms with Crippen molar-refractivity contribution < 1.29 is 17.2 Å². The van der Waals surface area contributed by atoms with E-state index in [1.807, 2.05) is 61.1 Å². The van der Waals surface area contributed by atoms with Gasteiger partial charge in [-0.15, -0.1) is 0 Å². The Morgan fingerprint density at radius 3 is 2.34 bits per heavy atom. The SMILES string of the molecule is [2H]C([2H])([2H])c1cccc(C([2H])([2H])[2H])c1-c1ccc[n+](C)c1-c1c(C)ccc2c1oc1ccccc12. The van der Waals surface area contributed by atoms with Crippen LogP contribution in [-0.2, 0) is 7.05 Å². The van der Waals surface area contributed by atoms with Crippen molar-refractivity contribution in [1.82, 2.24) is 0 Å². The first-order valence-corrected chi connectivity index (χ1v) is 9.52. The quantitative estimate of drug-likeness (QED) is 0.311. The standard InChI is InChI=1S/C27H24NO/c1-17-9-7-10-18(2)24(17)22-12-8-16-28(4)26(22)25-19(3)14-15-21-20-11-5-6-13-23(20)29-27(21)25/h5-16H,1-4H3/q+1/i1D3,2D3. The molecule has 0 atom stereocenters. The second kappa shape index (κ2) is 6.59. The average molecular weight is 385 g/mol. The van der Waals surface area contributed by atoms with Gasteiger partial charge in [-0.3, -0.25) is 0 Å². The van der Waals surface area contributed by atoms with Crippen molar-refractivity contribution >= 4 is 21.9 Å². The highest BCUT2D eigenvalue weighted by molar-refractivity contribution is 6.10. The third-order valence-corrected chi connectivity index (χ3v) is 5.51. The van der Waals surface area contributed by atoms with E-state index < -0.39 is 13.7 Å². The average Bonchev–Trinajstić information content (AvgIpc) is 3.16. The molecule has 3 aromatic carbocycles. The van der Waals surface area contributed by atoms with Gasteiger partial charge < -0.3 is 4.42 Å². The number of rotatable bonds is 2. The number of benzene rings is 3. The maximum absolute atomic E-state index is 8.16. The molecule has 0 aliphatic heterocycles. The molecule has 5 aromatic rings. The van der Waals surface area contributed by atoms with E-state index in [4.69, 9.17) is 12.6 Å². The summed E-state index contributed by atoms with van der Waals surface area (Å²) in [5.74, 6) is 0. The fourth-order valence-corrected chi connectivity index (χ4v) is 4.15. The number of aryl methyl sites for hydroxylation is 4. The van der Waals surface area contributed by atoms with Crippen molar-refractivity contribution in [2.45, 2.75) is 20.6 Å². The van der Waals surface area contributed by atoms with Gasteiger partial charge in [0.05, 0.1) is 11.1 Å². The van der Waals surface area contributed by atoms with Gasteiger partial charge in [-0.25, -0.2) is 4.57 Å². The summed E-state index contributed by atoms with van der Waals surface area (Å²) >= 11 is 0. The largest absolute Gasteiger partial charge is 0.455 e. The first-order chi connectivity index (χ1) is 16.5. The van der Waals surface area contributed by atoms with Crippen LogP contribution < -0.4 is 4.57 Å². The molecule has 0 radical (unpaired) electrons. The van der Waals surface area contributed by atoms with E-state index >= 15 is 0 Å². The van der Waals surface area contributed by atoms with E-state index in [0.29, 0.717) is 16.8 Å². The number of para-hydroxylation sites is 1. The van der Waals surface area contributed by atoms with E-state index in [1.165, 1.54) is 18.2 Å². The topological polar surface area (TPSA) is 17.0 Å². The minimum Gasteiger partial charge on any atom is -0.455 e. The second-order valence-electron chi connectivity index (χ2n) is 7.34. The van der Waals surface area contributed by atoms with E-state index in [2.05, 4.69) is 0 Å². The molecule has 0 spiro atoms. The number of fused-ring (bicyclic) bond motifs is 3. The lowest BCUT2D eigenvalue weighted by atomic mass is 9.90. The van der Waals surface area contributed by atoms with Gasteiger partial charge in [0.25, 0.3) is 0 Å². The van der Waals surface area contributed by atoms with Gasteiger partial charge in [0.1, 0.15) is 18.2 Å². The summed E-state index contributed by atoms with van der Waals surface area (Å²) in [5.41, 5.74) is 4.61. The molecule has 0 aliphatic carbocycles. The lowest BCUT2D eigenvalue weighted by Crippen LogP contribution is -2.31. The molecule has 2 heterocycles. The van der Waals surface area contributed by atoms with Gasteiger partial charge >= 0.3 is 0 Å². The van der Waals surface area contributed by atoms with Crippen molar-refractivity contribution in [3.63, 3.8) is 0 Å². The number of nitrogens with zero attached hydrogens (tertiary/aromatic N) is 1. The normalized spacial score (nSPS) is 15.4. The van der Waals surface area contributed by atoms with Gasteiger partial charge in [-0.2, -0.15) is 0 Å². The molecule has 0 amide bonds. The van der Waals surface area contributed by atoms with Gasteiger partial charge in [-0.1, -0.05) is 48.5 Å². The predicted molar refractivity (Wildman–Crippen MR) is 120 cm³/mol. The molecule has 29 heavy (non-hydrogen) atoms. The summed E-state index contributed by atoms with van der Waals surface area (Å²) in [4.78, 5) is 0. The van der Waals surface area contributed by atoms with Crippen LogP contribution in [0.4, 0.5) is 0 Å². The highest BCUT2D eigenvalue weighted by atomic mass is 16.3. The molecule has 0 saturated carbocycles. The third-order valence-electron chi connectivity index (χ3n) is 5.51. The molecular weight excluding hydrogens is 354 g/mol. The van der Waals surface area contributed by atoms with Crippen LogP contribution in [0.1, 0.15) is 24.9 Å². The second-order valence-corrected chi connectivity index (χ2v) is 7.34. The predicted octanol–water partition coefficient (Wildman–Crippen LogP) is 6.67. The van der Waals surface area contributed by atoms with E-state index in [0.717, 1.165) is 27.5 Å². The maximum atomic E-state index is 8.16. The lowest BCUT2D eigenvalue weighted by molar-refractivity contribution is -0.659. The molecular formula is C27H24NO+. The van der Waals surface area contributed by atoms with Crippen LogP contribution >= 0.6 is 0 Å². The first-order valence-electron chi connectivity index (χ1n) is 12.5. The van der Waals surface area contributed by atoms with Crippen molar-refractivity contribution in [3.8, 4) is 22.4 Å². The Labute approximate surface area is 179 Å². The van der Waals surface area contributed by atoms with Crippen molar-refractivity contribution in [1.29, 1.82) is 0 Å². The smallest absolute Gasteiger partial charge is 0.224 e. The minimum absolute atomic E-state index is 0.00742. The van der Waals surface area contributed by atoms with Gasteiger partial charge in [0.15, 0.2) is 6.20 Å². The van der Waals surface area contributed by atoms with E-state index in [-0.39, 0.29) is 16.7 Å². The zero-order chi connectivity index (χ0) is 25.1. The number of furan rings is 1. The summed E-state index contributed by atoms with van der Waals surface area (Å²) < 4.78 is 57.2. The molecule has 2 nitrogen and oxygen atoms in total. The molecule has 0 saturated heterocycles. The molecule has 0 N–H and O–H groups in total. The van der Waals surface area contributed by atoms with Crippen LogP contribution in [-0.4, -0.2) is 0 Å². The molecule has 0 bridgehead atoms. The summed E-state index contributed by atoms with van der Waals surface area (Å²) in [7, 11) is 1.87. The Hall–Kier alpha value is -3.39. The summed E-state index contributed by atoms with van der Waals surface area (Å²) in [6.07, 6.45) is 1.87. The summed E-state index contributed by atoms with van der Waals surface area (Å²) in [6, 6.07) is 19.9. The number of aromatic nitrogens is 1. The fraction of sp³-hybridized carbons (Fsp3) is 0.148. The Bertz CT molecular complexity index is 1560. The zero-order valence-electron chi connectivity index (χ0n) is 22.3. The van der Waals surface area contributed by atoms with Gasteiger partial charge in [-0.05, 0) is 55.0 Å². The van der Waals surface area contributed by atoms with Gasteiger partial charge in [0, 0.05) is 25.1 Å². The zero-order valence-corrected chi connectivity index (χ0v) is 16.3. The Kier molecular flexibility index (Phi) is 2.78. The minimum atomic E-state index is -2.50. The van der Waals surface area contributed by atoms with E-state index in [1.54, 1.807) is 12.1 Å². The lowest BCUT2D eigenvalue weighted by Gasteiger charge is -2.14. The van der Waals surface area contributed by atoms with Crippen LogP contribution in [0.5, 0.6) is 0 Å². The van der Waals surface area contributed by atoms with Crippen LogP contribution in [0.3, 0.4) is 0 Å². The Morgan fingerprint density at radius 2 is 1.55 bits per heavy atom. The fourth-order valence-electron chi connectivity index (χ4n) is 4.15. The number of hydrogen-bond acceptors (Lipinski definition) is 1. The maximum Gasteiger partial charge on any atom is 0.224 e. The molecule has 0 fully saturated rings. The van der Waals surface area contributed by atoms with Crippen molar-refractivity contribution in [2.24, 2.45) is 7.05 Å². The molecule has 142 valence electrons. The molecule has 2 heteroatoms. The van der Waals surface area contributed by atoms with Crippen molar-refractivity contribution in [3.05, 3.63) is 89.6 Å². The Balaban J connectivity index is 1.95. The highest BCUT2D eigenvalue weighted by Crippen LogP contribution is 2.41. The molecule has 0 unspecified atom stereocenters. The monoisotopic (exact) mass is 384 g/mol. The Morgan fingerprint density at radius 1 is 0.759 bits per heavy atom. The highest BCUT2D eigenvalue weighted by Gasteiger charge is 2.25. The first kappa shape index (κ1) is 12.2. The summed E-state index contributed by atoms with van der Waals surface area (Å²) in [6.45, 7) is -3.02. The third kappa shape index (κ3) is 2.67. The van der Waals surface area contributed by atoms with Crippen LogP contribution in [0, 0.1) is 20.6 Å². The van der Waals surface area contributed by atoms with Crippen LogP contribution in [0.15, 0.2) is 77.3 Å².